The Labute approximate surface area is 160 Å². The fourth-order valence-corrected chi connectivity index (χ4v) is 3.72. The van der Waals surface area contributed by atoms with Crippen LogP contribution in [0.5, 0.6) is 0 Å². The Hall–Kier alpha value is -2.10. The standard InChI is InChI=1S/C21H28N2O4/c1-15-10-17(16(2)23(15)13-19-7-5-9-25-19)11-18(12-22)21(24)27-14-20-6-3-4-8-26-20/h10-11,19-20H,3-9,13-14H2,1-2H3/b18-11-. The Bertz CT molecular complexity index is 732. The normalized spacial score (nSPS) is 23.2. The summed E-state index contributed by atoms with van der Waals surface area (Å²) < 4.78 is 18.8. The van der Waals surface area contributed by atoms with Gasteiger partial charge in [-0.3, -0.25) is 0 Å². The summed E-state index contributed by atoms with van der Waals surface area (Å²) in [5.41, 5.74) is 3.01. The molecule has 2 aliphatic rings. The maximum atomic E-state index is 12.3. The van der Waals surface area contributed by atoms with Gasteiger partial charge in [0.1, 0.15) is 18.2 Å². The zero-order chi connectivity index (χ0) is 19.2. The number of nitrogens with zero attached hydrogens (tertiary/aromatic N) is 2. The van der Waals surface area contributed by atoms with E-state index in [-0.39, 0.29) is 24.4 Å². The molecule has 2 unspecified atom stereocenters. The summed E-state index contributed by atoms with van der Waals surface area (Å²) in [6.07, 6.45) is 7.01. The molecule has 0 aromatic carbocycles. The molecule has 27 heavy (non-hydrogen) atoms. The lowest BCUT2D eigenvalue weighted by atomic mass is 10.1. The Morgan fingerprint density at radius 1 is 1.26 bits per heavy atom. The average molecular weight is 372 g/mol. The zero-order valence-corrected chi connectivity index (χ0v) is 16.2. The van der Waals surface area contributed by atoms with E-state index in [1.807, 2.05) is 26.0 Å². The number of rotatable bonds is 6. The third kappa shape index (κ3) is 5.00. The monoisotopic (exact) mass is 372 g/mol. The van der Waals surface area contributed by atoms with Gasteiger partial charge in [-0.1, -0.05) is 0 Å². The molecule has 1 aromatic heterocycles. The molecular weight excluding hydrogens is 344 g/mol. The van der Waals surface area contributed by atoms with E-state index >= 15 is 0 Å². The second kappa shape index (κ2) is 9.20. The van der Waals surface area contributed by atoms with Gasteiger partial charge in [0, 0.05) is 31.1 Å². The summed E-state index contributed by atoms with van der Waals surface area (Å²) in [5.74, 6) is -0.587. The van der Waals surface area contributed by atoms with E-state index in [0.29, 0.717) is 6.61 Å². The maximum Gasteiger partial charge on any atom is 0.348 e. The molecule has 0 saturated carbocycles. The van der Waals surface area contributed by atoms with Crippen molar-refractivity contribution in [3.05, 3.63) is 28.6 Å². The fraction of sp³-hybridized carbons (Fsp3) is 0.619. The van der Waals surface area contributed by atoms with Gasteiger partial charge in [-0.15, -0.1) is 0 Å². The molecule has 6 heteroatoms. The van der Waals surface area contributed by atoms with Crippen LogP contribution in [0.2, 0.25) is 0 Å². The molecule has 0 amide bonds. The van der Waals surface area contributed by atoms with Crippen LogP contribution in [0.25, 0.3) is 6.08 Å². The van der Waals surface area contributed by atoms with Crippen molar-refractivity contribution < 1.29 is 19.0 Å². The average Bonchev–Trinajstić information content (AvgIpc) is 3.29. The van der Waals surface area contributed by atoms with Crippen molar-refractivity contribution in [1.82, 2.24) is 4.57 Å². The van der Waals surface area contributed by atoms with Gasteiger partial charge in [0.05, 0.1) is 12.2 Å². The number of carbonyl (C=O) groups is 1. The van der Waals surface area contributed by atoms with Gasteiger partial charge >= 0.3 is 5.97 Å². The first-order chi connectivity index (χ1) is 13.1. The highest BCUT2D eigenvalue weighted by Gasteiger charge is 2.21. The molecule has 3 heterocycles. The molecule has 0 N–H and O–H groups in total. The summed E-state index contributed by atoms with van der Waals surface area (Å²) in [7, 11) is 0. The Morgan fingerprint density at radius 2 is 2.00 bits per heavy atom. The topological polar surface area (TPSA) is 73.5 Å². The summed E-state index contributed by atoms with van der Waals surface area (Å²) in [6, 6.07) is 3.98. The lowest BCUT2D eigenvalue weighted by Gasteiger charge is -2.21. The molecule has 146 valence electrons. The summed E-state index contributed by atoms with van der Waals surface area (Å²) in [6.45, 7) is 6.58. The third-order valence-electron chi connectivity index (χ3n) is 5.34. The molecule has 1 aromatic rings. The second-order valence-electron chi connectivity index (χ2n) is 7.33. The van der Waals surface area contributed by atoms with Gasteiger partial charge in [0.15, 0.2) is 0 Å². The van der Waals surface area contributed by atoms with E-state index in [4.69, 9.17) is 14.2 Å². The van der Waals surface area contributed by atoms with Crippen molar-refractivity contribution in [3.8, 4) is 6.07 Å². The molecule has 2 aliphatic heterocycles. The van der Waals surface area contributed by atoms with Crippen LogP contribution in [0.15, 0.2) is 11.6 Å². The number of carbonyl (C=O) groups excluding carboxylic acids is 1. The van der Waals surface area contributed by atoms with Gasteiger partial charge < -0.3 is 18.8 Å². The highest BCUT2D eigenvalue weighted by atomic mass is 16.6. The predicted molar refractivity (Wildman–Crippen MR) is 101 cm³/mol. The molecule has 0 spiro atoms. The van der Waals surface area contributed by atoms with E-state index in [1.165, 1.54) is 0 Å². The van der Waals surface area contributed by atoms with E-state index in [2.05, 4.69) is 4.57 Å². The van der Waals surface area contributed by atoms with E-state index in [1.54, 1.807) is 6.08 Å². The predicted octanol–water partition coefficient (Wildman–Crippen LogP) is 3.30. The molecule has 0 bridgehead atoms. The molecule has 0 aliphatic carbocycles. The minimum absolute atomic E-state index is 0.0168. The van der Waals surface area contributed by atoms with Crippen LogP contribution < -0.4 is 0 Å². The van der Waals surface area contributed by atoms with Crippen LogP contribution in [0, 0.1) is 25.2 Å². The van der Waals surface area contributed by atoms with Gasteiger partial charge in [-0.05, 0) is 63.7 Å². The first kappa shape index (κ1) is 19.7. The van der Waals surface area contributed by atoms with E-state index < -0.39 is 5.97 Å². The Kier molecular flexibility index (Phi) is 6.70. The number of nitriles is 1. The summed E-state index contributed by atoms with van der Waals surface area (Å²) in [4.78, 5) is 12.3. The van der Waals surface area contributed by atoms with Crippen LogP contribution in [-0.2, 0) is 25.5 Å². The quantitative estimate of drug-likeness (QED) is 0.435. The van der Waals surface area contributed by atoms with Gasteiger partial charge in [-0.25, -0.2) is 4.79 Å². The molecular formula is C21H28N2O4. The smallest absolute Gasteiger partial charge is 0.348 e. The van der Waals surface area contributed by atoms with E-state index in [9.17, 15) is 10.1 Å². The Balaban J connectivity index is 1.67. The third-order valence-corrected chi connectivity index (χ3v) is 5.34. The first-order valence-corrected chi connectivity index (χ1v) is 9.77. The van der Waals surface area contributed by atoms with Crippen molar-refractivity contribution in [2.75, 3.05) is 19.8 Å². The highest BCUT2D eigenvalue weighted by molar-refractivity contribution is 5.98. The lowest BCUT2D eigenvalue weighted by molar-refractivity contribution is -0.143. The van der Waals surface area contributed by atoms with Crippen molar-refractivity contribution >= 4 is 12.0 Å². The van der Waals surface area contributed by atoms with Gasteiger partial charge in [0.2, 0.25) is 0 Å². The minimum Gasteiger partial charge on any atom is -0.459 e. The van der Waals surface area contributed by atoms with Crippen molar-refractivity contribution in [2.45, 2.75) is 64.7 Å². The first-order valence-electron chi connectivity index (χ1n) is 9.77. The zero-order valence-electron chi connectivity index (χ0n) is 16.2. The van der Waals surface area contributed by atoms with Crippen LogP contribution in [0.3, 0.4) is 0 Å². The fourth-order valence-electron chi connectivity index (χ4n) is 3.72. The van der Waals surface area contributed by atoms with Crippen LogP contribution in [-0.4, -0.2) is 42.6 Å². The number of aromatic nitrogens is 1. The number of ether oxygens (including phenoxy) is 3. The molecule has 2 atom stereocenters. The minimum atomic E-state index is -0.587. The second-order valence-corrected chi connectivity index (χ2v) is 7.33. The SMILES string of the molecule is Cc1cc(/C=C(/C#N)C(=O)OCC2CCCCO2)c(C)n1CC1CCCO1. The molecule has 2 saturated heterocycles. The summed E-state index contributed by atoms with van der Waals surface area (Å²) in [5, 5.41) is 9.41. The molecule has 2 fully saturated rings. The molecule has 0 radical (unpaired) electrons. The van der Waals surface area contributed by atoms with Crippen molar-refractivity contribution in [1.29, 1.82) is 5.26 Å². The largest absolute Gasteiger partial charge is 0.459 e. The number of esters is 1. The highest BCUT2D eigenvalue weighted by Crippen LogP contribution is 2.22. The van der Waals surface area contributed by atoms with Gasteiger partial charge in [-0.2, -0.15) is 5.26 Å². The van der Waals surface area contributed by atoms with Crippen LogP contribution >= 0.6 is 0 Å². The maximum absolute atomic E-state index is 12.3. The van der Waals surface area contributed by atoms with Gasteiger partial charge in [0.25, 0.3) is 0 Å². The van der Waals surface area contributed by atoms with Crippen molar-refractivity contribution in [2.24, 2.45) is 0 Å². The summed E-state index contributed by atoms with van der Waals surface area (Å²) >= 11 is 0. The number of hydrogen-bond donors (Lipinski definition) is 0. The van der Waals surface area contributed by atoms with E-state index in [0.717, 1.165) is 62.2 Å². The van der Waals surface area contributed by atoms with Crippen LogP contribution in [0.1, 0.15) is 49.1 Å². The van der Waals surface area contributed by atoms with Crippen LogP contribution in [0.4, 0.5) is 0 Å². The van der Waals surface area contributed by atoms with Crippen molar-refractivity contribution in [3.63, 3.8) is 0 Å². The molecule has 3 rings (SSSR count). The Morgan fingerprint density at radius 3 is 2.67 bits per heavy atom. The number of hydrogen-bond acceptors (Lipinski definition) is 5. The lowest BCUT2D eigenvalue weighted by Crippen LogP contribution is -2.26. The molecule has 6 nitrogen and oxygen atoms in total. The number of aryl methyl sites for hydroxylation is 1.